The molecule has 4 nitrogen and oxygen atoms in total. The molecule has 0 unspecified atom stereocenters. The van der Waals surface area contributed by atoms with Crippen LogP contribution in [0, 0.1) is 0 Å². The van der Waals surface area contributed by atoms with Crippen LogP contribution in [0.5, 0.6) is 0 Å². The summed E-state index contributed by atoms with van der Waals surface area (Å²) in [5.74, 6) is -0.812. The Hall–Kier alpha value is -1.58. The van der Waals surface area contributed by atoms with Crippen molar-refractivity contribution in [2.24, 2.45) is 0 Å². The first kappa shape index (κ1) is 22.7. The minimum absolute atomic E-state index is 0.101. The monoisotopic (exact) mass is 312 g/mol. The van der Waals surface area contributed by atoms with E-state index in [0.717, 1.165) is 25.7 Å². The first-order valence-corrected chi connectivity index (χ1v) is 7.99. The van der Waals surface area contributed by atoms with E-state index in [4.69, 9.17) is 9.84 Å². The molecule has 0 fully saturated rings. The van der Waals surface area contributed by atoms with E-state index in [0.29, 0.717) is 19.4 Å². The number of allylic oxidation sites excluding steroid dienone is 3. The fourth-order valence-electron chi connectivity index (χ4n) is 1.46. The Morgan fingerprint density at radius 1 is 0.955 bits per heavy atom. The molecule has 22 heavy (non-hydrogen) atoms. The number of hydrogen-bond donors (Lipinski definition) is 1. The number of ether oxygens (including phenoxy) is 1. The van der Waals surface area contributed by atoms with Crippen LogP contribution < -0.4 is 0 Å². The molecule has 0 aromatic heterocycles. The van der Waals surface area contributed by atoms with Gasteiger partial charge in [0.05, 0.1) is 0 Å². The molecule has 0 aromatic rings. The normalized spacial score (nSPS) is 10.3. The summed E-state index contributed by atoms with van der Waals surface area (Å²) in [6.07, 6.45) is 8.71. The van der Waals surface area contributed by atoms with Crippen molar-refractivity contribution in [3.05, 3.63) is 23.3 Å². The van der Waals surface area contributed by atoms with Crippen molar-refractivity contribution >= 4 is 11.9 Å². The summed E-state index contributed by atoms with van der Waals surface area (Å²) in [4.78, 5) is 20.7. The fourth-order valence-corrected chi connectivity index (χ4v) is 1.46. The predicted octanol–water partition coefficient (Wildman–Crippen LogP) is 4.89. The fraction of sp³-hybridized carbons (Fsp3) is 0.667. The quantitative estimate of drug-likeness (QED) is 0.486. The van der Waals surface area contributed by atoms with E-state index < -0.39 is 5.97 Å². The molecule has 0 spiro atoms. The molecule has 0 atom stereocenters. The molecule has 0 heterocycles. The Bertz CT molecular complexity index is 363. The number of carbonyl (C=O) groups is 2. The maximum Gasteiger partial charge on any atom is 0.306 e. The molecule has 0 aromatic carbocycles. The number of carbonyl (C=O) groups excluding carboxylic acids is 1. The van der Waals surface area contributed by atoms with E-state index in [1.807, 2.05) is 19.9 Å². The molecule has 4 heteroatoms. The molecule has 0 aliphatic heterocycles. The lowest BCUT2D eigenvalue weighted by atomic mass is 10.1. The molecule has 0 aliphatic carbocycles. The number of carboxylic acid groups (broad SMARTS) is 1. The van der Waals surface area contributed by atoms with E-state index in [1.165, 1.54) is 11.1 Å². The van der Waals surface area contributed by atoms with Crippen LogP contribution in [0.1, 0.15) is 73.1 Å². The van der Waals surface area contributed by atoms with Crippen molar-refractivity contribution < 1.29 is 19.4 Å². The molecular weight excluding hydrogens is 280 g/mol. The molecular formula is C18H32O4. The molecule has 0 radical (unpaired) electrons. The highest BCUT2D eigenvalue weighted by Gasteiger charge is 1.98. The molecule has 1 N–H and O–H groups in total. The second-order valence-corrected chi connectivity index (χ2v) is 5.45. The number of esters is 1. The zero-order chi connectivity index (χ0) is 17.4. The number of aliphatic carboxylic acids is 1. The highest BCUT2D eigenvalue weighted by atomic mass is 16.5. The first-order chi connectivity index (χ1) is 10.3. The lowest BCUT2D eigenvalue weighted by molar-refractivity contribution is -0.142. The maximum absolute atomic E-state index is 11.1. The molecule has 0 rings (SSSR count). The topological polar surface area (TPSA) is 63.6 Å². The van der Waals surface area contributed by atoms with Gasteiger partial charge in [0.15, 0.2) is 0 Å². The smallest absolute Gasteiger partial charge is 0.306 e. The average Bonchev–Trinajstić information content (AvgIpc) is 2.39. The van der Waals surface area contributed by atoms with Crippen molar-refractivity contribution in [3.8, 4) is 0 Å². The van der Waals surface area contributed by atoms with E-state index in [1.54, 1.807) is 0 Å². The second-order valence-electron chi connectivity index (χ2n) is 5.45. The van der Waals surface area contributed by atoms with Crippen molar-refractivity contribution in [1.82, 2.24) is 0 Å². The van der Waals surface area contributed by atoms with Crippen LogP contribution in [0.3, 0.4) is 0 Å². The summed E-state index contributed by atoms with van der Waals surface area (Å²) in [6.45, 7) is 10.5. The Morgan fingerprint density at radius 2 is 1.55 bits per heavy atom. The summed E-state index contributed by atoms with van der Waals surface area (Å²) in [5.41, 5.74) is 2.63. The Labute approximate surface area is 135 Å². The van der Waals surface area contributed by atoms with E-state index in [9.17, 15) is 9.59 Å². The van der Waals surface area contributed by atoms with Crippen LogP contribution in [0.15, 0.2) is 23.3 Å². The van der Waals surface area contributed by atoms with Crippen LogP contribution in [0.25, 0.3) is 0 Å². The summed E-state index contributed by atoms with van der Waals surface area (Å²) in [5, 5.41) is 7.91. The number of carboxylic acids is 1. The van der Waals surface area contributed by atoms with E-state index >= 15 is 0 Å². The maximum atomic E-state index is 11.1. The lowest BCUT2D eigenvalue weighted by Gasteiger charge is -2.02. The number of hydrogen-bond acceptors (Lipinski definition) is 3. The van der Waals surface area contributed by atoms with Crippen molar-refractivity contribution in [3.63, 3.8) is 0 Å². The third-order valence-corrected chi connectivity index (χ3v) is 2.69. The van der Waals surface area contributed by atoms with Gasteiger partial charge in [0.1, 0.15) is 6.61 Å². The van der Waals surface area contributed by atoms with Crippen molar-refractivity contribution in [1.29, 1.82) is 0 Å². The van der Waals surface area contributed by atoms with Gasteiger partial charge in [0.2, 0.25) is 0 Å². The van der Waals surface area contributed by atoms with Gasteiger partial charge in [-0.2, -0.15) is 0 Å². The van der Waals surface area contributed by atoms with Gasteiger partial charge in [0.25, 0.3) is 0 Å². The highest BCUT2D eigenvalue weighted by Crippen LogP contribution is 2.06. The molecule has 0 aliphatic rings. The Kier molecular flexibility index (Phi) is 16.3. The molecule has 0 bridgehead atoms. The van der Waals surface area contributed by atoms with Crippen LogP contribution >= 0.6 is 0 Å². The summed E-state index contributed by atoms with van der Waals surface area (Å²) < 4.78 is 5.05. The van der Waals surface area contributed by atoms with Gasteiger partial charge in [0, 0.05) is 12.8 Å². The van der Waals surface area contributed by atoms with Gasteiger partial charge in [-0.25, -0.2) is 0 Å². The number of rotatable bonds is 9. The minimum atomic E-state index is -0.711. The largest absolute Gasteiger partial charge is 0.481 e. The Morgan fingerprint density at radius 3 is 1.95 bits per heavy atom. The van der Waals surface area contributed by atoms with Gasteiger partial charge in [-0.1, -0.05) is 31.1 Å². The summed E-state index contributed by atoms with van der Waals surface area (Å²) in [7, 11) is 0. The standard InChI is InChI=1S/C14H24O2.C4H8O2/c1-5-7-14(15)16-11-10-13(4)9-6-8-12(2)3;1-2-3-4(5)6/h8,10H,5-7,9,11H2,1-4H3;2-3H2,1H3,(H,5,6)/b13-10-;. The predicted molar refractivity (Wildman–Crippen MR) is 90.8 cm³/mol. The molecule has 0 saturated carbocycles. The highest BCUT2D eigenvalue weighted by molar-refractivity contribution is 5.69. The summed E-state index contributed by atoms with van der Waals surface area (Å²) >= 11 is 0. The van der Waals surface area contributed by atoms with Crippen LogP contribution in [-0.4, -0.2) is 23.7 Å². The molecule has 128 valence electrons. The van der Waals surface area contributed by atoms with Crippen molar-refractivity contribution in [2.75, 3.05) is 6.61 Å². The van der Waals surface area contributed by atoms with E-state index in [-0.39, 0.29) is 5.97 Å². The molecule has 0 amide bonds. The SMILES string of the molecule is CCCC(=O)O.CCCC(=O)OC/C=C(/C)CCC=C(C)C. The van der Waals surface area contributed by atoms with Gasteiger partial charge >= 0.3 is 11.9 Å². The first-order valence-electron chi connectivity index (χ1n) is 7.99. The Balaban J connectivity index is 0. The lowest BCUT2D eigenvalue weighted by Crippen LogP contribution is -2.03. The van der Waals surface area contributed by atoms with Gasteiger partial charge < -0.3 is 9.84 Å². The third kappa shape index (κ3) is 20.7. The summed E-state index contributed by atoms with van der Waals surface area (Å²) in [6, 6.07) is 0. The van der Waals surface area contributed by atoms with Gasteiger partial charge in [-0.3, -0.25) is 9.59 Å². The molecule has 0 saturated heterocycles. The average molecular weight is 312 g/mol. The van der Waals surface area contributed by atoms with Crippen molar-refractivity contribution in [2.45, 2.75) is 73.1 Å². The van der Waals surface area contributed by atoms with Crippen LogP contribution in [0.2, 0.25) is 0 Å². The van der Waals surface area contributed by atoms with Crippen LogP contribution in [0.4, 0.5) is 0 Å². The minimum Gasteiger partial charge on any atom is -0.481 e. The third-order valence-electron chi connectivity index (χ3n) is 2.69. The van der Waals surface area contributed by atoms with E-state index in [2.05, 4.69) is 26.8 Å². The second kappa shape index (κ2) is 15.8. The zero-order valence-electron chi connectivity index (χ0n) is 14.8. The zero-order valence-corrected chi connectivity index (χ0v) is 14.8. The van der Waals surface area contributed by atoms with Gasteiger partial charge in [-0.15, -0.1) is 0 Å². The van der Waals surface area contributed by atoms with Crippen LogP contribution in [-0.2, 0) is 14.3 Å². The van der Waals surface area contributed by atoms with Gasteiger partial charge in [-0.05, 0) is 52.5 Å².